The number of nitrogens with one attached hydrogen (secondary N) is 2. The second kappa shape index (κ2) is 11.4. The molecule has 7 nitrogen and oxygen atoms in total. The minimum absolute atomic E-state index is 0.0263. The van der Waals surface area contributed by atoms with Crippen LogP contribution < -0.4 is 10.6 Å². The summed E-state index contributed by atoms with van der Waals surface area (Å²) < 4.78 is 5.57. The largest absolute Gasteiger partial charge is 0.481 e. The third-order valence-corrected chi connectivity index (χ3v) is 7.36. The number of hydrogen-bond donors (Lipinski definition) is 3. The zero-order chi connectivity index (χ0) is 24.8. The van der Waals surface area contributed by atoms with Crippen LogP contribution in [0, 0.1) is 11.8 Å². The van der Waals surface area contributed by atoms with Gasteiger partial charge in [0.05, 0.1) is 11.8 Å². The van der Waals surface area contributed by atoms with E-state index in [9.17, 15) is 19.5 Å². The zero-order valence-electron chi connectivity index (χ0n) is 20.2. The van der Waals surface area contributed by atoms with Gasteiger partial charge in [0, 0.05) is 18.5 Å². The van der Waals surface area contributed by atoms with E-state index in [4.69, 9.17) is 4.74 Å². The van der Waals surface area contributed by atoms with Crippen molar-refractivity contribution in [2.75, 3.05) is 13.2 Å². The quantitative estimate of drug-likeness (QED) is 0.477. The first-order valence-corrected chi connectivity index (χ1v) is 12.6. The molecule has 2 aliphatic rings. The summed E-state index contributed by atoms with van der Waals surface area (Å²) in [6, 6.07) is 15.9. The molecule has 2 aliphatic carbocycles. The summed E-state index contributed by atoms with van der Waals surface area (Å²) in [5.41, 5.74) is 4.61. The zero-order valence-corrected chi connectivity index (χ0v) is 20.2. The number of carbonyl (C=O) groups excluding carboxylic acids is 2. The molecule has 0 aromatic heterocycles. The van der Waals surface area contributed by atoms with Gasteiger partial charge in [-0.1, -0.05) is 74.7 Å². The highest BCUT2D eigenvalue weighted by Crippen LogP contribution is 2.44. The summed E-state index contributed by atoms with van der Waals surface area (Å²) in [4.78, 5) is 37.0. The number of fused-ring (bicyclic) bond motifs is 3. The van der Waals surface area contributed by atoms with Gasteiger partial charge in [-0.25, -0.2) is 4.79 Å². The summed E-state index contributed by atoms with van der Waals surface area (Å²) in [5, 5.41) is 15.2. The maximum absolute atomic E-state index is 12.9. The van der Waals surface area contributed by atoms with Crippen molar-refractivity contribution in [3.8, 4) is 11.1 Å². The number of alkyl carbamates (subject to hydrolysis) is 1. The molecule has 1 saturated carbocycles. The van der Waals surface area contributed by atoms with Crippen LogP contribution in [0.4, 0.5) is 4.79 Å². The molecular weight excluding hydrogens is 444 g/mol. The number of aliphatic carboxylic acids is 1. The molecule has 3 unspecified atom stereocenters. The van der Waals surface area contributed by atoms with Crippen LogP contribution in [0.3, 0.4) is 0 Å². The molecule has 1 fully saturated rings. The highest BCUT2D eigenvalue weighted by atomic mass is 16.5. The van der Waals surface area contributed by atoms with Gasteiger partial charge in [-0.15, -0.1) is 0 Å². The van der Waals surface area contributed by atoms with E-state index >= 15 is 0 Å². The normalized spacial score (nSPS) is 20.1. The highest BCUT2D eigenvalue weighted by molar-refractivity contribution is 5.81. The van der Waals surface area contributed by atoms with Gasteiger partial charge in [-0.05, 0) is 41.5 Å². The van der Waals surface area contributed by atoms with Crippen molar-refractivity contribution in [3.63, 3.8) is 0 Å². The predicted molar refractivity (Wildman–Crippen MR) is 133 cm³/mol. The Morgan fingerprint density at radius 2 is 1.60 bits per heavy atom. The van der Waals surface area contributed by atoms with Crippen molar-refractivity contribution in [1.82, 2.24) is 10.6 Å². The molecule has 7 heteroatoms. The first kappa shape index (κ1) is 24.8. The van der Waals surface area contributed by atoms with Gasteiger partial charge in [0.2, 0.25) is 5.91 Å². The molecule has 2 amide bonds. The molecular formula is C28H34N2O5. The third-order valence-electron chi connectivity index (χ3n) is 7.36. The first-order chi connectivity index (χ1) is 17.0. The highest BCUT2D eigenvalue weighted by Gasteiger charge is 2.32. The Bertz CT molecular complexity index is 1020. The summed E-state index contributed by atoms with van der Waals surface area (Å²) in [7, 11) is 0. The van der Waals surface area contributed by atoms with Gasteiger partial charge >= 0.3 is 12.1 Å². The summed E-state index contributed by atoms with van der Waals surface area (Å²) in [5.74, 6) is -2.12. The molecule has 0 radical (unpaired) electrons. The van der Waals surface area contributed by atoms with Crippen LogP contribution in [0.2, 0.25) is 0 Å². The van der Waals surface area contributed by atoms with Gasteiger partial charge in [-0.2, -0.15) is 0 Å². The van der Waals surface area contributed by atoms with E-state index in [2.05, 4.69) is 34.9 Å². The summed E-state index contributed by atoms with van der Waals surface area (Å²) >= 11 is 0. The number of carboxylic acid groups (broad SMARTS) is 1. The lowest BCUT2D eigenvalue weighted by molar-refractivity contribution is -0.143. The maximum Gasteiger partial charge on any atom is 0.407 e. The minimum atomic E-state index is -0.859. The minimum Gasteiger partial charge on any atom is -0.481 e. The Labute approximate surface area is 206 Å². The monoisotopic (exact) mass is 478 g/mol. The fourth-order valence-electron chi connectivity index (χ4n) is 5.35. The van der Waals surface area contributed by atoms with E-state index in [1.54, 1.807) is 0 Å². The van der Waals surface area contributed by atoms with Gasteiger partial charge < -0.3 is 20.5 Å². The maximum atomic E-state index is 12.9. The van der Waals surface area contributed by atoms with Crippen LogP contribution in [0.5, 0.6) is 0 Å². The topological polar surface area (TPSA) is 105 Å². The van der Waals surface area contributed by atoms with Crippen molar-refractivity contribution in [1.29, 1.82) is 0 Å². The molecule has 4 rings (SSSR count). The van der Waals surface area contributed by atoms with Crippen LogP contribution >= 0.6 is 0 Å². The van der Waals surface area contributed by atoms with Crippen LogP contribution in [-0.4, -0.2) is 42.3 Å². The average molecular weight is 479 g/mol. The summed E-state index contributed by atoms with van der Waals surface area (Å²) in [6.45, 7) is 2.24. The van der Waals surface area contributed by atoms with Crippen molar-refractivity contribution >= 4 is 18.0 Å². The summed E-state index contributed by atoms with van der Waals surface area (Å²) in [6.07, 6.45) is 3.97. The molecule has 0 aliphatic heterocycles. The molecule has 3 atom stereocenters. The van der Waals surface area contributed by atoms with Gasteiger partial charge in [0.15, 0.2) is 0 Å². The van der Waals surface area contributed by atoms with Crippen LogP contribution in [0.15, 0.2) is 48.5 Å². The standard InChI is InChI=1S/C28H34N2O5/c1-2-18(26(31)30-25-15-5-3-4-14-23(25)27(32)33)16-29-28(34)35-17-24-21-12-8-6-10-19(21)20-11-7-9-13-22(20)24/h6-13,18,23-25H,2-5,14-17H2,1H3,(H,29,34)(H,30,31)(H,32,33). The Morgan fingerprint density at radius 3 is 2.23 bits per heavy atom. The molecule has 0 spiro atoms. The number of rotatable bonds is 8. The van der Waals surface area contributed by atoms with Crippen LogP contribution in [-0.2, 0) is 14.3 Å². The van der Waals surface area contributed by atoms with Crippen molar-refractivity contribution in [3.05, 3.63) is 59.7 Å². The molecule has 186 valence electrons. The van der Waals surface area contributed by atoms with Crippen LogP contribution in [0.1, 0.15) is 62.5 Å². The second-order valence-corrected chi connectivity index (χ2v) is 9.51. The van der Waals surface area contributed by atoms with Crippen molar-refractivity contribution in [2.45, 2.75) is 57.4 Å². The Kier molecular flexibility index (Phi) is 8.06. The molecule has 2 aromatic rings. The van der Waals surface area contributed by atoms with E-state index in [-0.39, 0.29) is 31.0 Å². The lowest BCUT2D eigenvalue weighted by atomic mass is 9.94. The predicted octanol–water partition coefficient (Wildman–Crippen LogP) is 4.70. The smallest absolute Gasteiger partial charge is 0.407 e. The number of amides is 2. The van der Waals surface area contributed by atoms with Crippen molar-refractivity contribution < 1.29 is 24.2 Å². The van der Waals surface area contributed by atoms with Gasteiger partial charge in [-0.3, -0.25) is 9.59 Å². The van der Waals surface area contributed by atoms with E-state index in [0.717, 1.165) is 41.5 Å². The molecule has 3 N–H and O–H groups in total. The van der Waals surface area contributed by atoms with Crippen molar-refractivity contribution in [2.24, 2.45) is 11.8 Å². The number of hydrogen-bond acceptors (Lipinski definition) is 4. The van der Waals surface area contributed by atoms with E-state index in [1.807, 2.05) is 31.2 Å². The second-order valence-electron chi connectivity index (χ2n) is 9.51. The Balaban J connectivity index is 1.31. The molecule has 35 heavy (non-hydrogen) atoms. The first-order valence-electron chi connectivity index (χ1n) is 12.6. The van der Waals surface area contributed by atoms with Gasteiger partial charge in [0.1, 0.15) is 6.61 Å². The SMILES string of the molecule is CCC(CNC(=O)OCC1c2ccccc2-c2ccccc21)C(=O)NC1CCCCCC1C(=O)O. The molecule has 2 aromatic carbocycles. The van der Waals surface area contributed by atoms with E-state index in [1.165, 1.54) is 0 Å². The third kappa shape index (κ3) is 5.66. The number of ether oxygens (including phenoxy) is 1. The fraction of sp³-hybridized carbons (Fsp3) is 0.464. The number of carbonyl (C=O) groups is 3. The molecule has 0 bridgehead atoms. The number of benzene rings is 2. The molecule has 0 heterocycles. The number of carboxylic acids is 1. The average Bonchev–Trinajstić information content (AvgIpc) is 2.99. The van der Waals surface area contributed by atoms with Gasteiger partial charge in [0.25, 0.3) is 0 Å². The lowest BCUT2D eigenvalue weighted by Gasteiger charge is -2.25. The lowest BCUT2D eigenvalue weighted by Crippen LogP contribution is -2.47. The van der Waals surface area contributed by atoms with Crippen LogP contribution in [0.25, 0.3) is 11.1 Å². The Hall–Kier alpha value is -3.35. The fourth-order valence-corrected chi connectivity index (χ4v) is 5.35. The Morgan fingerprint density at radius 1 is 0.971 bits per heavy atom. The van der Waals surface area contributed by atoms with E-state index in [0.29, 0.717) is 19.3 Å². The van der Waals surface area contributed by atoms with E-state index < -0.39 is 23.9 Å². The molecule has 0 saturated heterocycles.